The van der Waals surface area contributed by atoms with Crippen LogP contribution in [0.5, 0.6) is 0 Å². The highest BCUT2D eigenvalue weighted by Crippen LogP contribution is 2.22. The maximum absolute atomic E-state index is 11.8. The molecule has 0 unspecified atom stereocenters. The van der Waals surface area contributed by atoms with E-state index in [4.69, 9.17) is 9.52 Å². The van der Waals surface area contributed by atoms with Gasteiger partial charge in [0.25, 0.3) is 0 Å². The number of amides is 2. The van der Waals surface area contributed by atoms with E-state index in [0.717, 1.165) is 5.56 Å². The van der Waals surface area contributed by atoms with Crippen LogP contribution in [0.3, 0.4) is 0 Å². The molecule has 0 aliphatic rings. The van der Waals surface area contributed by atoms with Crippen molar-refractivity contribution in [2.45, 2.75) is 6.92 Å². The number of furan rings is 1. The molecule has 0 fully saturated rings. The van der Waals surface area contributed by atoms with E-state index >= 15 is 0 Å². The first-order valence-corrected chi connectivity index (χ1v) is 8.11. The number of hydrogen-bond acceptors (Lipinski definition) is 4. The minimum absolute atomic E-state index is 0.175. The number of hydrogen-bond donors (Lipinski definition) is 3. The molecule has 3 N–H and O–H groups in total. The lowest BCUT2D eigenvalue weighted by atomic mass is 10.1. The minimum Gasteiger partial charge on any atom is -0.478 e. The highest BCUT2D eigenvalue weighted by atomic mass is 16.4. The number of carbonyl (C=O) groups is 2. The SMILES string of the molecule is Cc1ccc(NC(=O)N/N=C\c2ccc(-c3cccc(C(=O)O)c3)o2)cc1. The maximum atomic E-state index is 11.8. The lowest BCUT2D eigenvalue weighted by molar-refractivity contribution is 0.0697. The molecule has 7 heteroatoms. The van der Waals surface area contributed by atoms with Crippen LogP contribution < -0.4 is 10.7 Å². The number of aryl methyl sites for hydroxylation is 1. The lowest BCUT2D eigenvalue weighted by Gasteiger charge is -2.03. The summed E-state index contributed by atoms with van der Waals surface area (Å²) in [6, 6.07) is 16.7. The zero-order valence-corrected chi connectivity index (χ0v) is 14.5. The van der Waals surface area contributed by atoms with E-state index in [1.165, 1.54) is 18.3 Å². The monoisotopic (exact) mass is 363 g/mol. The predicted octanol–water partition coefficient (Wildman–Crippen LogP) is 4.11. The molecule has 1 aromatic heterocycles. The van der Waals surface area contributed by atoms with Crippen LogP contribution in [0.4, 0.5) is 10.5 Å². The number of anilines is 1. The zero-order chi connectivity index (χ0) is 19.2. The van der Waals surface area contributed by atoms with Crippen molar-refractivity contribution in [1.82, 2.24) is 5.43 Å². The number of carbonyl (C=O) groups excluding carboxylic acids is 1. The normalized spacial score (nSPS) is 10.7. The first-order valence-electron chi connectivity index (χ1n) is 8.11. The third-order valence-corrected chi connectivity index (χ3v) is 3.69. The average Bonchev–Trinajstić information content (AvgIpc) is 3.13. The fourth-order valence-electron chi connectivity index (χ4n) is 2.33. The number of carboxylic acids is 1. The van der Waals surface area contributed by atoms with E-state index in [-0.39, 0.29) is 5.56 Å². The summed E-state index contributed by atoms with van der Waals surface area (Å²) in [6.07, 6.45) is 1.36. The molecular formula is C20H17N3O4. The number of nitrogens with one attached hydrogen (secondary N) is 2. The summed E-state index contributed by atoms with van der Waals surface area (Å²) in [5.41, 5.74) is 4.92. The fourth-order valence-corrected chi connectivity index (χ4v) is 2.33. The molecule has 3 aromatic rings. The van der Waals surface area contributed by atoms with Gasteiger partial charge in [0.05, 0.1) is 11.8 Å². The number of hydrazone groups is 1. The van der Waals surface area contributed by atoms with Crippen LogP contribution in [0.15, 0.2) is 70.2 Å². The van der Waals surface area contributed by atoms with Crippen LogP contribution in [0.2, 0.25) is 0 Å². The van der Waals surface area contributed by atoms with Gasteiger partial charge in [0.1, 0.15) is 11.5 Å². The van der Waals surface area contributed by atoms with Gasteiger partial charge in [0, 0.05) is 11.3 Å². The molecule has 0 saturated heterocycles. The van der Waals surface area contributed by atoms with Crippen LogP contribution >= 0.6 is 0 Å². The predicted molar refractivity (Wildman–Crippen MR) is 102 cm³/mol. The Morgan fingerprint density at radius 3 is 2.59 bits per heavy atom. The second kappa shape index (κ2) is 8.01. The number of aromatic carboxylic acids is 1. The summed E-state index contributed by atoms with van der Waals surface area (Å²) in [7, 11) is 0. The summed E-state index contributed by atoms with van der Waals surface area (Å²) in [4.78, 5) is 22.8. The summed E-state index contributed by atoms with van der Waals surface area (Å²) in [5, 5.41) is 15.5. The van der Waals surface area contributed by atoms with Crippen LogP contribution in [-0.2, 0) is 0 Å². The van der Waals surface area contributed by atoms with Crippen molar-refractivity contribution in [3.8, 4) is 11.3 Å². The summed E-state index contributed by atoms with van der Waals surface area (Å²) < 4.78 is 5.60. The second-order valence-electron chi connectivity index (χ2n) is 5.78. The first kappa shape index (κ1) is 17.9. The van der Waals surface area contributed by atoms with Gasteiger partial charge in [-0.25, -0.2) is 15.0 Å². The Hall–Kier alpha value is -3.87. The number of benzene rings is 2. The van der Waals surface area contributed by atoms with Crippen LogP contribution in [0.25, 0.3) is 11.3 Å². The van der Waals surface area contributed by atoms with Gasteiger partial charge in [-0.2, -0.15) is 5.10 Å². The van der Waals surface area contributed by atoms with E-state index in [9.17, 15) is 9.59 Å². The van der Waals surface area contributed by atoms with Crippen molar-refractivity contribution < 1.29 is 19.1 Å². The van der Waals surface area contributed by atoms with Crippen molar-refractivity contribution in [2.75, 3.05) is 5.32 Å². The Morgan fingerprint density at radius 1 is 1.07 bits per heavy atom. The molecule has 0 saturated carbocycles. The molecule has 136 valence electrons. The van der Waals surface area contributed by atoms with Crippen molar-refractivity contribution in [2.24, 2.45) is 5.10 Å². The molecule has 0 bridgehead atoms. The molecule has 0 radical (unpaired) electrons. The van der Waals surface area contributed by atoms with Gasteiger partial charge >= 0.3 is 12.0 Å². The van der Waals surface area contributed by atoms with Gasteiger partial charge < -0.3 is 14.8 Å². The van der Waals surface area contributed by atoms with Crippen LogP contribution in [0.1, 0.15) is 21.7 Å². The zero-order valence-electron chi connectivity index (χ0n) is 14.5. The van der Waals surface area contributed by atoms with Gasteiger partial charge in [0.15, 0.2) is 0 Å². The van der Waals surface area contributed by atoms with E-state index in [2.05, 4.69) is 15.8 Å². The van der Waals surface area contributed by atoms with Gasteiger partial charge in [0.2, 0.25) is 0 Å². The number of rotatable bonds is 5. The molecule has 27 heavy (non-hydrogen) atoms. The molecular weight excluding hydrogens is 346 g/mol. The Kier molecular flexibility index (Phi) is 5.32. The Balaban J connectivity index is 1.60. The number of urea groups is 1. The quantitative estimate of drug-likeness (QED) is 0.469. The average molecular weight is 363 g/mol. The van der Waals surface area contributed by atoms with E-state index < -0.39 is 12.0 Å². The molecule has 0 aliphatic carbocycles. The summed E-state index contributed by atoms with van der Waals surface area (Å²) in [5.74, 6) is -0.0843. The topological polar surface area (TPSA) is 104 Å². The van der Waals surface area contributed by atoms with Crippen LogP contribution in [-0.4, -0.2) is 23.3 Å². The van der Waals surface area contributed by atoms with Crippen molar-refractivity contribution in [3.63, 3.8) is 0 Å². The number of nitrogens with zero attached hydrogens (tertiary/aromatic N) is 1. The second-order valence-corrected chi connectivity index (χ2v) is 5.78. The van der Waals surface area contributed by atoms with Gasteiger partial charge in [-0.1, -0.05) is 29.8 Å². The fraction of sp³-hybridized carbons (Fsp3) is 0.0500. The van der Waals surface area contributed by atoms with Crippen molar-refractivity contribution in [1.29, 1.82) is 0 Å². The number of carboxylic acid groups (broad SMARTS) is 1. The van der Waals surface area contributed by atoms with Gasteiger partial charge in [-0.15, -0.1) is 0 Å². The highest BCUT2D eigenvalue weighted by Gasteiger charge is 2.08. The molecule has 1 heterocycles. The standard InChI is InChI=1S/C20H17N3O4/c1-13-5-7-16(8-6-13)22-20(26)23-21-12-17-9-10-18(27-17)14-3-2-4-15(11-14)19(24)25/h2-12H,1H3,(H,24,25)(H2,22,23,26)/b21-12-. The molecule has 7 nitrogen and oxygen atoms in total. The Morgan fingerprint density at radius 2 is 1.85 bits per heavy atom. The third kappa shape index (κ3) is 4.82. The summed E-state index contributed by atoms with van der Waals surface area (Å²) >= 11 is 0. The Bertz CT molecular complexity index is 990. The lowest BCUT2D eigenvalue weighted by Crippen LogP contribution is -2.24. The van der Waals surface area contributed by atoms with E-state index in [0.29, 0.717) is 22.8 Å². The molecule has 0 atom stereocenters. The minimum atomic E-state index is -1.01. The molecule has 0 aliphatic heterocycles. The van der Waals surface area contributed by atoms with Gasteiger partial charge in [-0.3, -0.25) is 0 Å². The van der Waals surface area contributed by atoms with E-state index in [1.807, 2.05) is 19.1 Å². The van der Waals surface area contributed by atoms with Gasteiger partial charge in [-0.05, 0) is 43.3 Å². The van der Waals surface area contributed by atoms with E-state index in [1.54, 1.807) is 36.4 Å². The molecule has 2 aromatic carbocycles. The van der Waals surface area contributed by atoms with Crippen LogP contribution in [0, 0.1) is 6.92 Å². The molecule has 3 rings (SSSR count). The smallest absolute Gasteiger partial charge is 0.339 e. The largest absolute Gasteiger partial charge is 0.478 e. The van der Waals surface area contributed by atoms with Crippen molar-refractivity contribution in [3.05, 3.63) is 77.6 Å². The van der Waals surface area contributed by atoms with Crippen molar-refractivity contribution >= 4 is 23.9 Å². The summed E-state index contributed by atoms with van der Waals surface area (Å²) in [6.45, 7) is 1.96. The molecule has 2 amide bonds. The molecule has 0 spiro atoms. The highest BCUT2D eigenvalue weighted by molar-refractivity contribution is 5.90. The first-order chi connectivity index (χ1) is 13.0. The maximum Gasteiger partial charge on any atom is 0.339 e. The Labute approximate surface area is 155 Å². The third-order valence-electron chi connectivity index (χ3n) is 3.69.